The third-order valence-corrected chi connectivity index (χ3v) is 5.14. The molecule has 0 aliphatic rings. The first-order chi connectivity index (χ1) is 10.5. The second kappa shape index (κ2) is 7.42. The fourth-order valence-electron chi connectivity index (χ4n) is 1.95. The molecule has 1 aromatic carbocycles. The smallest absolute Gasteiger partial charge is 0.283 e. The van der Waals surface area contributed by atoms with Crippen molar-refractivity contribution >= 4 is 34.7 Å². The van der Waals surface area contributed by atoms with Crippen molar-refractivity contribution in [2.24, 2.45) is 0 Å². The molecule has 0 unspecified atom stereocenters. The lowest BCUT2D eigenvalue weighted by molar-refractivity contribution is -0.387. The quantitative estimate of drug-likeness (QED) is 0.494. The molecule has 0 aliphatic carbocycles. The van der Waals surface area contributed by atoms with E-state index in [4.69, 9.17) is 0 Å². The van der Waals surface area contributed by atoms with Crippen LogP contribution in [-0.2, 0) is 13.0 Å². The molecule has 0 spiro atoms. The maximum Gasteiger partial charge on any atom is 0.283 e. The van der Waals surface area contributed by atoms with E-state index in [2.05, 4.69) is 12.2 Å². The van der Waals surface area contributed by atoms with E-state index in [-0.39, 0.29) is 11.6 Å². The van der Waals surface area contributed by atoms with Crippen LogP contribution < -0.4 is 5.32 Å². The number of rotatable bonds is 6. The molecule has 0 saturated heterocycles. The Kier molecular flexibility index (Phi) is 5.57. The average Bonchev–Trinajstić information content (AvgIpc) is 2.99. The third kappa shape index (κ3) is 3.86. The normalized spacial score (nSPS) is 10.5. The molecule has 116 valence electrons. The van der Waals surface area contributed by atoms with E-state index in [1.807, 2.05) is 12.1 Å². The first kappa shape index (κ1) is 16.5. The molecule has 0 fully saturated rings. The van der Waals surface area contributed by atoms with Crippen LogP contribution in [-0.4, -0.2) is 17.1 Å². The monoisotopic (exact) mass is 336 g/mol. The summed E-state index contributed by atoms with van der Waals surface area (Å²) >= 11 is 2.95. The second-order valence-electron chi connectivity index (χ2n) is 4.55. The molecule has 5 nitrogen and oxygen atoms in total. The summed E-state index contributed by atoms with van der Waals surface area (Å²) in [5.41, 5.74) is 0.265. The number of amides is 1. The van der Waals surface area contributed by atoms with Gasteiger partial charge in [0.2, 0.25) is 0 Å². The molecular formula is C15H16N2O3S2. The number of nitrogens with zero attached hydrogens (tertiary/aromatic N) is 1. The zero-order valence-electron chi connectivity index (χ0n) is 12.3. The third-order valence-electron chi connectivity index (χ3n) is 3.13. The van der Waals surface area contributed by atoms with E-state index in [9.17, 15) is 14.9 Å². The van der Waals surface area contributed by atoms with E-state index >= 15 is 0 Å². The number of carbonyl (C=O) groups excluding carboxylic acids is 1. The maximum absolute atomic E-state index is 12.1. The molecule has 2 rings (SSSR count). The largest absolute Gasteiger partial charge is 0.347 e. The Bertz CT molecular complexity index is 698. The molecule has 7 heteroatoms. The molecule has 1 N–H and O–H groups in total. The molecule has 1 aromatic heterocycles. The first-order valence-corrected chi connectivity index (χ1v) is 8.77. The van der Waals surface area contributed by atoms with Crippen molar-refractivity contribution in [3.63, 3.8) is 0 Å². The van der Waals surface area contributed by atoms with Crippen molar-refractivity contribution in [2.75, 3.05) is 6.26 Å². The number of carbonyl (C=O) groups is 1. The number of nitro groups is 1. The highest BCUT2D eigenvalue weighted by molar-refractivity contribution is 7.98. The lowest BCUT2D eigenvalue weighted by atomic mass is 10.2. The van der Waals surface area contributed by atoms with Crippen LogP contribution in [0.15, 0.2) is 35.2 Å². The predicted octanol–water partition coefficient (Wildman–Crippen LogP) is 3.87. The lowest BCUT2D eigenvalue weighted by Crippen LogP contribution is -2.22. The molecule has 22 heavy (non-hydrogen) atoms. The van der Waals surface area contributed by atoms with Crippen molar-refractivity contribution in [3.8, 4) is 0 Å². The summed E-state index contributed by atoms with van der Waals surface area (Å²) < 4.78 is 0. The highest BCUT2D eigenvalue weighted by Gasteiger charge is 2.17. The van der Waals surface area contributed by atoms with Crippen LogP contribution in [0.5, 0.6) is 0 Å². The van der Waals surface area contributed by atoms with Crippen molar-refractivity contribution in [3.05, 3.63) is 55.8 Å². The molecule has 0 atom stereocenters. The summed E-state index contributed by atoms with van der Waals surface area (Å²) in [6.45, 7) is 2.52. The average molecular weight is 336 g/mol. The standard InChI is InChI=1S/C15H16N2O3S2/c1-3-11-5-6-12(22-11)9-16-15(18)10-4-7-14(21-2)13(8-10)17(19)20/h4-8H,3,9H2,1-2H3,(H,16,18). The second-order valence-corrected chi connectivity index (χ2v) is 6.65. The molecule has 0 radical (unpaired) electrons. The molecule has 1 heterocycles. The Labute approximate surface area is 136 Å². The molecule has 0 bridgehead atoms. The van der Waals surface area contributed by atoms with Crippen LogP contribution in [0.2, 0.25) is 0 Å². The lowest BCUT2D eigenvalue weighted by Gasteiger charge is -2.05. The number of aryl methyl sites for hydroxylation is 1. The van der Waals surface area contributed by atoms with Gasteiger partial charge in [0, 0.05) is 21.4 Å². The number of thioether (sulfide) groups is 1. The van der Waals surface area contributed by atoms with Crippen molar-refractivity contribution in [2.45, 2.75) is 24.8 Å². The highest BCUT2D eigenvalue weighted by atomic mass is 32.2. The fraction of sp³-hybridized carbons (Fsp3) is 0.267. The number of thiophene rings is 1. The molecule has 0 aliphatic heterocycles. The van der Waals surface area contributed by atoms with Gasteiger partial charge in [0.1, 0.15) is 0 Å². The van der Waals surface area contributed by atoms with Gasteiger partial charge in [-0.1, -0.05) is 6.92 Å². The Morgan fingerprint density at radius 3 is 2.64 bits per heavy atom. The summed E-state index contributed by atoms with van der Waals surface area (Å²) in [5, 5.41) is 13.8. The molecular weight excluding hydrogens is 320 g/mol. The minimum absolute atomic E-state index is 0.0375. The van der Waals surface area contributed by atoms with Gasteiger partial charge in [0.15, 0.2) is 0 Å². The SMILES string of the molecule is CCc1ccc(CNC(=O)c2ccc(SC)c([N+](=O)[O-])c2)s1. The van der Waals surface area contributed by atoms with Gasteiger partial charge in [0.25, 0.3) is 11.6 Å². The van der Waals surface area contributed by atoms with Gasteiger partial charge in [-0.15, -0.1) is 23.1 Å². The van der Waals surface area contributed by atoms with Gasteiger partial charge in [-0.2, -0.15) is 0 Å². The fourth-order valence-corrected chi connectivity index (χ4v) is 3.40. The van der Waals surface area contributed by atoms with E-state index in [0.29, 0.717) is 17.0 Å². The maximum atomic E-state index is 12.1. The van der Waals surface area contributed by atoms with Gasteiger partial charge in [-0.3, -0.25) is 14.9 Å². The predicted molar refractivity (Wildman–Crippen MR) is 89.7 cm³/mol. The summed E-state index contributed by atoms with van der Waals surface area (Å²) in [5.74, 6) is -0.304. The van der Waals surface area contributed by atoms with E-state index in [1.165, 1.54) is 22.7 Å². The van der Waals surface area contributed by atoms with E-state index in [0.717, 1.165) is 11.3 Å². The van der Waals surface area contributed by atoms with Crippen LogP contribution in [0.1, 0.15) is 27.0 Å². The topological polar surface area (TPSA) is 72.2 Å². The Morgan fingerprint density at radius 2 is 2.05 bits per heavy atom. The minimum atomic E-state index is -0.463. The first-order valence-electron chi connectivity index (χ1n) is 6.73. The van der Waals surface area contributed by atoms with E-state index < -0.39 is 4.92 Å². The van der Waals surface area contributed by atoms with Gasteiger partial charge in [0.05, 0.1) is 16.4 Å². The Morgan fingerprint density at radius 1 is 1.32 bits per heavy atom. The van der Waals surface area contributed by atoms with Crippen LogP contribution in [0.25, 0.3) is 0 Å². The van der Waals surface area contributed by atoms with Crippen molar-refractivity contribution in [1.82, 2.24) is 5.32 Å². The van der Waals surface area contributed by atoms with E-state index in [1.54, 1.807) is 29.7 Å². The van der Waals surface area contributed by atoms with Gasteiger partial charge in [-0.25, -0.2) is 0 Å². The number of hydrogen-bond acceptors (Lipinski definition) is 5. The number of nitro benzene ring substituents is 1. The number of benzene rings is 1. The summed E-state index contributed by atoms with van der Waals surface area (Å²) in [4.78, 5) is 25.6. The minimum Gasteiger partial charge on any atom is -0.347 e. The van der Waals surface area contributed by atoms with Crippen LogP contribution >= 0.6 is 23.1 Å². The van der Waals surface area contributed by atoms with Gasteiger partial charge < -0.3 is 5.32 Å². The highest BCUT2D eigenvalue weighted by Crippen LogP contribution is 2.28. The zero-order valence-corrected chi connectivity index (χ0v) is 13.9. The van der Waals surface area contributed by atoms with Gasteiger partial charge in [-0.05, 0) is 36.9 Å². The summed E-state index contributed by atoms with van der Waals surface area (Å²) in [7, 11) is 0. The molecule has 1 amide bonds. The van der Waals surface area contributed by atoms with Crippen molar-refractivity contribution < 1.29 is 9.72 Å². The Hall–Kier alpha value is -1.86. The van der Waals surface area contributed by atoms with Crippen LogP contribution in [0.3, 0.4) is 0 Å². The Balaban J connectivity index is 2.09. The number of nitrogens with one attached hydrogen (secondary N) is 1. The van der Waals surface area contributed by atoms with Gasteiger partial charge >= 0.3 is 0 Å². The zero-order chi connectivity index (χ0) is 16.1. The van der Waals surface area contributed by atoms with Crippen molar-refractivity contribution in [1.29, 1.82) is 0 Å². The summed E-state index contributed by atoms with van der Waals surface area (Å²) in [6, 6.07) is 8.58. The summed E-state index contributed by atoms with van der Waals surface area (Å²) in [6.07, 6.45) is 2.74. The van der Waals surface area contributed by atoms with Crippen LogP contribution in [0, 0.1) is 10.1 Å². The number of hydrogen-bond donors (Lipinski definition) is 1. The molecule has 2 aromatic rings. The van der Waals surface area contributed by atoms with Crippen LogP contribution in [0.4, 0.5) is 5.69 Å². The molecule has 0 saturated carbocycles.